The monoisotopic (exact) mass is 424 g/mol. The topological polar surface area (TPSA) is 64.4 Å². The van der Waals surface area contributed by atoms with Gasteiger partial charge in [0.25, 0.3) is 5.91 Å². The Morgan fingerprint density at radius 1 is 1.14 bits per heavy atom. The number of benzene rings is 2. The summed E-state index contributed by atoms with van der Waals surface area (Å²) in [6, 6.07) is 18.2. The van der Waals surface area contributed by atoms with Crippen LogP contribution in [0.15, 0.2) is 70.5 Å². The molecule has 5 nitrogen and oxygen atoms in total. The lowest BCUT2D eigenvalue weighted by molar-refractivity contribution is 0.102. The standard InChI is InChI=1S/C22H17ClN2O3S/c1-27-17-10-6-15(7-11-17)21(26)25-22-20(18-3-2-12-29-18)24-19(28-22)13-14-4-8-16(23)9-5-14/h2-12H,13H2,1H3,(H,25,26). The predicted octanol–water partition coefficient (Wildman–Crippen LogP) is 5.91. The Balaban J connectivity index is 1.61. The molecule has 4 rings (SSSR count). The third-order valence-electron chi connectivity index (χ3n) is 4.27. The number of carbonyl (C=O) groups is 1. The number of halogens is 1. The van der Waals surface area contributed by atoms with Crippen molar-refractivity contribution in [3.05, 3.63) is 88.1 Å². The van der Waals surface area contributed by atoms with Crippen LogP contribution >= 0.6 is 22.9 Å². The van der Waals surface area contributed by atoms with Crippen molar-refractivity contribution in [3.8, 4) is 16.3 Å². The van der Waals surface area contributed by atoms with Crippen molar-refractivity contribution in [3.63, 3.8) is 0 Å². The number of nitrogens with zero attached hydrogens (tertiary/aromatic N) is 1. The van der Waals surface area contributed by atoms with Gasteiger partial charge in [-0.2, -0.15) is 0 Å². The molecule has 146 valence electrons. The zero-order valence-electron chi connectivity index (χ0n) is 15.5. The van der Waals surface area contributed by atoms with Crippen LogP contribution in [0.1, 0.15) is 21.8 Å². The van der Waals surface area contributed by atoms with E-state index in [0.717, 1.165) is 10.4 Å². The molecule has 0 aliphatic carbocycles. The van der Waals surface area contributed by atoms with Crippen molar-refractivity contribution >= 4 is 34.7 Å². The molecular weight excluding hydrogens is 408 g/mol. The van der Waals surface area contributed by atoms with Crippen LogP contribution in [0, 0.1) is 0 Å². The second kappa shape index (κ2) is 8.51. The number of nitrogens with one attached hydrogen (secondary N) is 1. The van der Waals surface area contributed by atoms with E-state index in [1.165, 1.54) is 11.3 Å². The van der Waals surface area contributed by atoms with Gasteiger partial charge in [-0.05, 0) is 53.4 Å². The lowest BCUT2D eigenvalue weighted by Gasteiger charge is -2.04. The number of thiophene rings is 1. The molecule has 0 atom stereocenters. The van der Waals surface area contributed by atoms with Crippen molar-refractivity contribution in [1.29, 1.82) is 0 Å². The van der Waals surface area contributed by atoms with Gasteiger partial charge in [0.1, 0.15) is 11.4 Å². The van der Waals surface area contributed by atoms with Crippen molar-refractivity contribution in [2.24, 2.45) is 0 Å². The Morgan fingerprint density at radius 2 is 1.90 bits per heavy atom. The fourth-order valence-electron chi connectivity index (χ4n) is 2.80. The summed E-state index contributed by atoms with van der Waals surface area (Å²) in [6.07, 6.45) is 0.494. The Bertz CT molecular complexity index is 1100. The van der Waals surface area contributed by atoms with Crippen molar-refractivity contribution in [1.82, 2.24) is 4.98 Å². The van der Waals surface area contributed by atoms with Gasteiger partial charge in [-0.25, -0.2) is 4.98 Å². The largest absolute Gasteiger partial charge is 0.497 e. The molecule has 0 aliphatic heterocycles. The van der Waals surface area contributed by atoms with Crippen LogP contribution in [0.2, 0.25) is 5.02 Å². The number of methoxy groups -OCH3 is 1. The summed E-state index contributed by atoms with van der Waals surface area (Å²) in [5, 5.41) is 5.47. The normalized spacial score (nSPS) is 10.7. The number of amides is 1. The highest BCUT2D eigenvalue weighted by atomic mass is 35.5. The highest BCUT2D eigenvalue weighted by Gasteiger charge is 2.19. The zero-order valence-corrected chi connectivity index (χ0v) is 17.1. The van der Waals surface area contributed by atoms with Gasteiger partial charge in [0, 0.05) is 17.0 Å². The van der Waals surface area contributed by atoms with E-state index in [1.807, 2.05) is 41.8 Å². The third-order valence-corrected chi connectivity index (χ3v) is 5.40. The minimum Gasteiger partial charge on any atom is -0.497 e. The van der Waals surface area contributed by atoms with Gasteiger partial charge in [0.05, 0.1) is 12.0 Å². The molecule has 0 bridgehead atoms. The number of hydrogen-bond donors (Lipinski definition) is 1. The lowest BCUT2D eigenvalue weighted by Crippen LogP contribution is -2.11. The summed E-state index contributed by atoms with van der Waals surface area (Å²) in [6.45, 7) is 0. The summed E-state index contributed by atoms with van der Waals surface area (Å²) < 4.78 is 11.1. The number of rotatable bonds is 6. The lowest BCUT2D eigenvalue weighted by atomic mass is 10.1. The van der Waals surface area contributed by atoms with Gasteiger partial charge < -0.3 is 9.15 Å². The molecule has 1 N–H and O–H groups in total. The van der Waals surface area contributed by atoms with Crippen LogP contribution in [-0.4, -0.2) is 18.0 Å². The molecule has 0 radical (unpaired) electrons. The fraction of sp³-hybridized carbons (Fsp3) is 0.0909. The van der Waals surface area contributed by atoms with Gasteiger partial charge >= 0.3 is 0 Å². The number of hydrogen-bond acceptors (Lipinski definition) is 5. The van der Waals surface area contributed by atoms with E-state index >= 15 is 0 Å². The van der Waals surface area contributed by atoms with Gasteiger partial charge in [0.15, 0.2) is 0 Å². The molecule has 1 amide bonds. The first kappa shape index (κ1) is 19.2. The maximum Gasteiger partial charge on any atom is 0.258 e. The number of oxazole rings is 1. The van der Waals surface area contributed by atoms with Gasteiger partial charge in [0.2, 0.25) is 11.8 Å². The Morgan fingerprint density at radius 3 is 2.55 bits per heavy atom. The first-order valence-electron chi connectivity index (χ1n) is 8.86. The molecule has 2 aromatic carbocycles. The van der Waals surface area contributed by atoms with E-state index in [4.69, 9.17) is 20.8 Å². The van der Waals surface area contributed by atoms with Crippen LogP contribution in [0.4, 0.5) is 5.88 Å². The molecule has 0 aliphatic rings. The second-order valence-corrected chi connectivity index (χ2v) is 7.63. The van der Waals surface area contributed by atoms with Crippen molar-refractivity contribution < 1.29 is 13.9 Å². The van der Waals surface area contributed by atoms with Crippen LogP contribution in [-0.2, 0) is 6.42 Å². The van der Waals surface area contributed by atoms with E-state index in [9.17, 15) is 4.79 Å². The number of aromatic nitrogens is 1. The van der Waals surface area contributed by atoms with E-state index < -0.39 is 0 Å². The molecule has 0 saturated heterocycles. The quantitative estimate of drug-likeness (QED) is 0.418. The molecular formula is C22H17ClN2O3S. The number of ether oxygens (including phenoxy) is 1. The number of carbonyl (C=O) groups excluding carboxylic acids is 1. The molecule has 0 fully saturated rings. The van der Waals surface area contributed by atoms with Crippen LogP contribution in [0.3, 0.4) is 0 Å². The van der Waals surface area contributed by atoms with Crippen molar-refractivity contribution in [2.75, 3.05) is 12.4 Å². The van der Waals surface area contributed by atoms with Gasteiger partial charge in [-0.3, -0.25) is 10.1 Å². The summed E-state index contributed by atoms with van der Waals surface area (Å²) in [7, 11) is 1.58. The Kier molecular flexibility index (Phi) is 5.64. The maximum absolute atomic E-state index is 12.7. The maximum atomic E-state index is 12.7. The first-order valence-corrected chi connectivity index (χ1v) is 10.1. The molecule has 4 aromatic rings. The molecule has 0 spiro atoms. The van der Waals surface area contributed by atoms with Crippen LogP contribution in [0.25, 0.3) is 10.6 Å². The Hall–Kier alpha value is -3.09. The average Bonchev–Trinajstić information content (AvgIpc) is 3.40. The average molecular weight is 425 g/mol. The van der Waals surface area contributed by atoms with Crippen molar-refractivity contribution in [2.45, 2.75) is 6.42 Å². The molecule has 0 saturated carbocycles. The molecule has 7 heteroatoms. The van der Waals surface area contributed by atoms with Gasteiger partial charge in [-0.15, -0.1) is 11.3 Å². The third kappa shape index (κ3) is 4.50. The fourth-order valence-corrected chi connectivity index (χ4v) is 3.64. The van der Waals surface area contributed by atoms with E-state index in [2.05, 4.69) is 10.3 Å². The minimum atomic E-state index is -0.278. The molecule has 0 unspecified atom stereocenters. The highest BCUT2D eigenvalue weighted by molar-refractivity contribution is 7.13. The smallest absolute Gasteiger partial charge is 0.258 e. The summed E-state index contributed by atoms with van der Waals surface area (Å²) in [5.41, 5.74) is 2.13. The van der Waals surface area contributed by atoms with E-state index in [-0.39, 0.29) is 5.91 Å². The van der Waals surface area contributed by atoms with E-state index in [1.54, 1.807) is 31.4 Å². The second-order valence-electron chi connectivity index (χ2n) is 6.25. The Labute approximate surface area is 176 Å². The molecule has 2 aromatic heterocycles. The summed E-state index contributed by atoms with van der Waals surface area (Å²) in [5.74, 6) is 1.25. The van der Waals surface area contributed by atoms with E-state index in [0.29, 0.717) is 40.2 Å². The molecule has 2 heterocycles. The van der Waals surface area contributed by atoms with Gasteiger partial charge in [-0.1, -0.05) is 29.8 Å². The molecule has 29 heavy (non-hydrogen) atoms. The predicted molar refractivity (Wildman–Crippen MR) is 115 cm³/mol. The minimum absolute atomic E-state index is 0.278. The zero-order chi connectivity index (χ0) is 20.2. The van der Waals surface area contributed by atoms with Crippen LogP contribution in [0.5, 0.6) is 5.75 Å². The first-order chi connectivity index (χ1) is 14.1. The van der Waals surface area contributed by atoms with Crippen LogP contribution < -0.4 is 10.1 Å². The summed E-state index contributed by atoms with van der Waals surface area (Å²) >= 11 is 7.48. The summed E-state index contributed by atoms with van der Waals surface area (Å²) in [4.78, 5) is 18.2. The number of anilines is 1. The highest BCUT2D eigenvalue weighted by Crippen LogP contribution is 2.33. The SMILES string of the molecule is COc1ccc(C(=O)Nc2oc(Cc3ccc(Cl)cc3)nc2-c2cccs2)cc1.